The first-order chi connectivity index (χ1) is 12.8. The van der Waals surface area contributed by atoms with Crippen molar-refractivity contribution in [3.8, 4) is 0 Å². The molecule has 150 valence electrons. The number of hydrogen-bond donors (Lipinski definition) is 0. The zero-order valence-electron chi connectivity index (χ0n) is 13.1. The fourth-order valence-corrected chi connectivity index (χ4v) is 8.75. The Hall–Kier alpha value is -2.14. The standard InChI is InChI=1S/C14H6F6N2O4Se2/c15-13(16,17)7-1-3-11(9(5-7)21(23)24)27-28-12-4-2-8(14(18,19)20)6-10(12)22(25)26/h1-6H. The molecule has 0 fully saturated rings. The molecule has 0 radical (unpaired) electrons. The molecule has 2 rings (SSSR count). The number of nitro groups is 2. The molecule has 0 saturated heterocycles. The van der Waals surface area contributed by atoms with Gasteiger partial charge in [-0.25, -0.2) is 0 Å². The SMILES string of the molecule is O=[N+]([O-])c1cc(C(F)(F)F)ccc1[Se][Se]c1ccc(C(F)(F)F)cc1[N+](=O)[O-]. The average molecular weight is 538 g/mol. The Bertz CT molecular complexity index is 858. The molecule has 0 bridgehead atoms. The van der Waals surface area contributed by atoms with Crippen LogP contribution >= 0.6 is 0 Å². The summed E-state index contributed by atoms with van der Waals surface area (Å²) in [5.74, 6) is 0. The van der Waals surface area contributed by atoms with Crippen LogP contribution in [0.15, 0.2) is 36.4 Å². The number of benzene rings is 2. The topological polar surface area (TPSA) is 86.3 Å². The first-order valence-corrected chi connectivity index (χ1v) is 12.9. The molecule has 28 heavy (non-hydrogen) atoms. The Kier molecular flexibility index (Phi) is 6.39. The van der Waals surface area contributed by atoms with E-state index in [9.17, 15) is 46.6 Å². The van der Waals surface area contributed by atoms with Crippen molar-refractivity contribution in [1.82, 2.24) is 0 Å². The predicted molar refractivity (Wildman–Crippen MR) is 87.0 cm³/mol. The second-order valence-electron chi connectivity index (χ2n) is 5.04. The summed E-state index contributed by atoms with van der Waals surface area (Å²) < 4.78 is 76.2. The van der Waals surface area contributed by atoms with Crippen LogP contribution in [0.25, 0.3) is 0 Å². The Morgan fingerprint density at radius 2 is 1.00 bits per heavy atom. The summed E-state index contributed by atoms with van der Waals surface area (Å²) in [6.07, 6.45) is -9.57. The zero-order chi connectivity index (χ0) is 21.3. The number of halogens is 6. The van der Waals surface area contributed by atoms with Gasteiger partial charge >= 0.3 is 163 Å². The van der Waals surface area contributed by atoms with Gasteiger partial charge in [0, 0.05) is 0 Å². The van der Waals surface area contributed by atoms with E-state index < -0.39 is 71.0 Å². The Labute approximate surface area is 163 Å². The van der Waals surface area contributed by atoms with Gasteiger partial charge < -0.3 is 0 Å². The van der Waals surface area contributed by atoms with Gasteiger partial charge in [-0.05, 0) is 0 Å². The van der Waals surface area contributed by atoms with Crippen molar-refractivity contribution < 1.29 is 36.2 Å². The molecule has 6 nitrogen and oxygen atoms in total. The normalized spacial score (nSPS) is 12.1. The van der Waals surface area contributed by atoms with Crippen molar-refractivity contribution in [2.45, 2.75) is 12.4 Å². The van der Waals surface area contributed by atoms with Crippen LogP contribution in [0.2, 0.25) is 0 Å². The van der Waals surface area contributed by atoms with E-state index in [1.165, 1.54) is 0 Å². The summed E-state index contributed by atoms with van der Waals surface area (Å²) >= 11 is -1.74. The van der Waals surface area contributed by atoms with Gasteiger partial charge in [0.05, 0.1) is 0 Å². The molecule has 0 aromatic heterocycles. The molecular weight excluding hydrogens is 532 g/mol. The number of nitrogens with zero attached hydrogens (tertiary/aromatic N) is 2. The van der Waals surface area contributed by atoms with Crippen LogP contribution in [0, 0.1) is 20.2 Å². The van der Waals surface area contributed by atoms with Crippen molar-refractivity contribution in [3.05, 3.63) is 67.8 Å². The van der Waals surface area contributed by atoms with Gasteiger partial charge in [0.15, 0.2) is 0 Å². The molecule has 14 heteroatoms. The molecule has 0 spiro atoms. The van der Waals surface area contributed by atoms with Gasteiger partial charge in [-0.15, -0.1) is 0 Å². The first-order valence-electron chi connectivity index (χ1n) is 6.86. The number of rotatable bonds is 5. The second kappa shape index (κ2) is 8.08. The van der Waals surface area contributed by atoms with Gasteiger partial charge in [-0.1, -0.05) is 0 Å². The maximum atomic E-state index is 12.7. The quantitative estimate of drug-likeness (QED) is 0.254. The van der Waals surface area contributed by atoms with Crippen LogP contribution < -0.4 is 8.92 Å². The van der Waals surface area contributed by atoms with Crippen LogP contribution in [0.3, 0.4) is 0 Å². The fraction of sp³-hybridized carbons (Fsp3) is 0.143. The second-order valence-corrected chi connectivity index (χ2v) is 11.2. The summed E-state index contributed by atoms with van der Waals surface area (Å²) in [6, 6.07) is 3.88. The van der Waals surface area contributed by atoms with Gasteiger partial charge in [0.25, 0.3) is 0 Å². The van der Waals surface area contributed by atoms with E-state index in [2.05, 4.69) is 0 Å². The summed E-state index contributed by atoms with van der Waals surface area (Å²) in [7, 11) is 0. The molecule has 2 aromatic carbocycles. The van der Waals surface area contributed by atoms with Crippen molar-refractivity contribution in [2.75, 3.05) is 0 Å². The van der Waals surface area contributed by atoms with E-state index in [1.807, 2.05) is 0 Å². The third-order valence-corrected chi connectivity index (χ3v) is 10.4. The summed E-state index contributed by atoms with van der Waals surface area (Å²) in [6.45, 7) is 0. The third-order valence-electron chi connectivity index (χ3n) is 3.19. The zero-order valence-corrected chi connectivity index (χ0v) is 16.5. The molecule has 0 saturated carbocycles. The maximum absolute atomic E-state index is 12.7. The van der Waals surface area contributed by atoms with Gasteiger partial charge in [0.2, 0.25) is 0 Å². The van der Waals surface area contributed by atoms with Crippen LogP contribution in [-0.4, -0.2) is 36.1 Å². The van der Waals surface area contributed by atoms with Crippen molar-refractivity contribution >= 4 is 46.6 Å². The summed E-state index contributed by atoms with van der Waals surface area (Å²) in [5.41, 5.74) is -4.00. The van der Waals surface area contributed by atoms with E-state index in [0.717, 1.165) is 12.1 Å². The van der Waals surface area contributed by atoms with Crippen molar-refractivity contribution in [2.24, 2.45) is 0 Å². The molecular formula is C14H6F6N2O4Se2. The predicted octanol–water partition coefficient (Wildman–Crippen LogP) is 2.81. The third kappa shape index (κ3) is 5.22. The summed E-state index contributed by atoms with van der Waals surface area (Å²) in [5, 5.41) is 22.1. The van der Waals surface area contributed by atoms with E-state index in [1.54, 1.807) is 0 Å². The average Bonchev–Trinajstić information content (AvgIpc) is 2.57. The van der Waals surface area contributed by atoms with E-state index in [-0.39, 0.29) is 8.92 Å². The molecule has 0 heterocycles. The van der Waals surface area contributed by atoms with Crippen LogP contribution in [-0.2, 0) is 12.4 Å². The minimum absolute atomic E-state index is 0.0419. The van der Waals surface area contributed by atoms with E-state index in [0.29, 0.717) is 24.3 Å². The van der Waals surface area contributed by atoms with Gasteiger partial charge in [-0.3, -0.25) is 0 Å². The first kappa shape index (κ1) is 22.2. The molecule has 0 unspecified atom stereocenters. The van der Waals surface area contributed by atoms with Gasteiger partial charge in [0.1, 0.15) is 0 Å². The van der Waals surface area contributed by atoms with Crippen molar-refractivity contribution in [3.63, 3.8) is 0 Å². The fourth-order valence-electron chi connectivity index (χ4n) is 1.90. The van der Waals surface area contributed by atoms with Crippen LogP contribution in [0.4, 0.5) is 37.7 Å². The van der Waals surface area contributed by atoms with Gasteiger partial charge in [-0.2, -0.15) is 0 Å². The van der Waals surface area contributed by atoms with Crippen LogP contribution in [0.5, 0.6) is 0 Å². The summed E-state index contributed by atoms with van der Waals surface area (Å²) in [4.78, 5) is 20.1. The van der Waals surface area contributed by atoms with E-state index in [4.69, 9.17) is 0 Å². The number of nitro benzene ring substituents is 2. The molecule has 0 atom stereocenters. The Morgan fingerprint density at radius 1 is 0.679 bits per heavy atom. The molecule has 0 N–H and O–H groups in total. The Morgan fingerprint density at radius 3 is 1.25 bits per heavy atom. The molecule has 0 aliphatic carbocycles. The van der Waals surface area contributed by atoms with Crippen LogP contribution in [0.1, 0.15) is 11.1 Å². The molecule has 2 aromatic rings. The number of hydrogen-bond acceptors (Lipinski definition) is 4. The number of alkyl halides is 6. The van der Waals surface area contributed by atoms with Crippen molar-refractivity contribution in [1.29, 1.82) is 0 Å². The monoisotopic (exact) mass is 540 g/mol. The minimum atomic E-state index is -4.78. The van der Waals surface area contributed by atoms with E-state index >= 15 is 0 Å². The molecule has 0 amide bonds. The Balaban J connectivity index is 2.36. The molecule has 0 aliphatic heterocycles. The molecule has 0 aliphatic rings.